The van der Waals surface area contributed by atoms with E-state index in [1.807, 2.05) is 7.05 Å². The summed E-state index contributed by atoms with van der Waals surface area (Å²) in [5.41, 5.74) is 0.760. The molecule has 1 aromatic rings. The summed E-state index contributed by atoms with van der Waals surface area (Å²) in [6, 6.07) is 7.20. The van der Waals surface area contributed by atoms with Crippen molar-refractivity contribution < 1.29 is 14.4 Å². The standard InChI is InChI=1S/C17H21N3O3/c1-11-8-19(9-12(2)18(11)3)15(21)10-20-16(22)13-6-4-5-7-14(13)17(20)23/h4-7,11-12H,8-10H2,1-3H3. The number of carbonyl (C=O) groups excluding carboxylic acids is 3. The van der Waals surface area contributed by atoms with Gasteiger partial charge in [-0.25, -0.2) is 0 Å². The second kappa shape index (κ2) is 5.77. The molecule has 3 rings (SSSR count). The zero-order valence-electron chi connectivity index (χ0n) is 13.7. The molecule has 2 aliphatic heterocycles. The number of rotatable bonds is 2. The lowest BCUT2D eigenvalue weighted by Gasteiger charge is -2.42. The van der Waals surface area contributed by atoms with Gasteiger partial charge < -0.3 is 4.90 Å². The third-order valence-corrected chi connectivity index (χ3v) is 4.88. The van der Waals surface area contributed by atoms with Crippen LogP contribution in [0.5, 0.6) is 0 Å². The molecule has 0 aliphatic carbocycles. The molecule has 3 amide bonds. The zero-order chi connectivity index (χ0) is 16.7. The second-order valence-corrected chi connectivity index (χ2v) is 6.40. The van der Waals surface area contributed by atoms with Gasteiger partial charge in [0.15, 0.2) is 0 Å². The van der Waals surface area contributed by atoms with Gasteiger partial charge in [0.2, 0.25) is 5.91 Å². The first-order chi connectivity index (χ1) is 10.9. The van der Waals surface area contributed by atoms with Crippen molar-refractivity contribution in [2.24, 2.45) is 0 Å². The van der Waals surface area contributed by atoms with Crippen LogP contribution in [0.4, 0.5) is 0 Å². The number of carbonyl (C=O) groups is 3. The molecule has 6 nitrogen and oxygen atoms in total. The largest absolute Gasteiger partial charge is 0.338 e. The average Bonchev–Trinajstić information content (AvgIpc) is 2.77. The minimum absolute atomic E-state index is 0.175. The van der Waals surface area contributed by atoms with Crippen molar-refractivity contribution in [1.29, 1.82) is 0 Å². The third-order valence-electron chi connectivity index (χ3n) is 4.88. The van der Waals surface area contributed by atoms with Gasteiger partial charge >= 0.3 is 0 Å². The Labute approximate surface area is 135 Å². The highest BCUT2D eigenvalue weighted by Gasteiger charge is 2.38. The third kappa shape index (κ3) is 2.63. The van der Waals surface area contributed by atoms with E-state index in [4.69, 9.17) is 0 Å². The van der Waals surface area contributed by atoms with Crippen molar-refractivity contribution in [2.75, 3.05) is 26.7 Å². The number of amides is 3. The Morgan fingerprint density at radius 3 is 2.00 bits per heavy atom. The molecule has 2 atom stereocenters. The summed E-state index contributed by atoms with van der Waals surface area (Å²) in [6.07, 6.45) is 0. The van der Waals surface area contributed by atoms with Crippen molar-refractivity contribution in [3.63, 3.8) is 0 Å². The molecule has 1 saturated heterocycles. The average molecular weight is 315 g/mol. The number of benzene rings is 1. The lowest BCUT2D eigenvalue weighted by Crippen LogP contribution is -2.58. The lowest BCUT2D eigenvalue weighted by atomic mass is 10.1. The number of hydrogen-bond acceptors (Lipinski definition) is 4. The number of likely N-dealkylation sites (N-methyl/N-ethyl adjacent to an activating group) is 1. The maximum atomic E-state index is 12.6. The smallest absolute Gasteiger partial charge is 0.262 e. The van der Waals surface area contributed by atoms with Gasteiger partial charge in [-0.2, -0.15) is 0 Å². The highest BCUT2D eigenvalue weighted by atomic mass is 16.2. The molecule has 0 saturated carbocycles. The van der Waals surface area contributed by atoms with Crippen LogP contribution in [0.2, 0.25) is 0 Å². The van der Waals surface area contributed by atoms with Crippen LogP contribution >= 0.6 is 0 Å². The molecule has 2 unspecified atom stereocenters. The molecule has 1 aromatic carbocycles. The Morgan fingerprint density at radius 1 is 1.04 bits per heavy atom. The Morgan fingerprint density at radius 2 is 1.52 bits per heavy atom. The molecule has 6 heteroatoms. The highest BCUT2D eigenvalue weighted by Crippen LogP contribution is 2.22. The number of nitrogens with zero attached hydrogens (tertiary/aromatic N) is 3. The number of fused-ring (bicyclic) bond motifs is 1. The van der Waals surface area contributed by atoms with E-state index in [2.05, 4.69) is 18.7 Å². The molecule has 2 aliphatic rings. The van der Waals surface area contributed by atoms with Crippen LogP contribution in [0.1, 0.15) is 34.6 Å². The Kier molecular flexibility index (Phi) is 3.93. The van der Waals surface area contributed by atoms with Gasteiger partial charge in [-0.1, -0.05) is 12.1 Å². The molecule has 0 bridgehead atoms. The van der Waals surface area contributed by atoms with E-state index >= 15 is 0 Å². The van der Waals surface area contributed by atoms with Gasteiger partial charge in [-0.05, 0) is 33.0 Å². The maximum absolute atomic E-state index is 12.6. The lowest BCUT2D eigenvalue weighted by molar-refractivity contribution is -0.135. The molecule has 122 valence electrons. The first-order valence-corrected chi connectivity index (χ1v) is 7.85. The van der Waals surface area contributed by atoms with Crippen LogP contribution in [-0.2, 0) is 4.79 Å². The van der Waals surface area contributed by atoms with E-state index < -0.39 is 0 Å². The predicted octanol–water partition coefficient (Wildman–Crippen LogP) is 0.834. The molecule has 0 spiro atoms. The summed E-state index contributed by atoms with van der Waals surface area (Å²) in [4.78, 5) is 42.3. The molecule has 0 radical (unpaired) electrons. The van der Waals surface area contributed by atoms with Gasteiger partial charge in [-0.15, -0.1) is 0 Å². The quantitative estimate of drug-likeness (QED) is 0.759. The van der Waals surface area contributed by atoms with Crippen LogP contribution in [0.25, 0.3) is 0 Å². The van der Waals surface area contributed by atoms with E-state index in [1.54, 1.807) is 29.2 Å². The monoisotopic (exact) mass is 315 g/mol. The van der Waals surface area contributed by atoms with Crippen molar-refractivity contribution in [3.05, 3.63) is 35.4 Å². The maximum Gasteiger partial charge on any atom is 0.262 e. The molecular weight excluding hydrogens is 294 g/mol. The molecule has 23 heavy (non-hydrogen) atoms. The fourth-order valence-electron chi connectivity index (χ4n) is 3.23. The van der Waals surface area contributed by atoms with Crippen molar-refractivity contribution >= 4 is 17.7 Å². The van der Waals surface area contributed by atoms with E-state index in [9.17, 15) is 14.4 Å². The molecule has 0 aromatic heterocycles. The van der Waals surface area contributed by atoms with Crippen molar-refractivity contribution in [3.8, 4) is 0 Å². The van der Waals surface area contributed by atoms with Gasteiger partial charge in [-0.3, -0.25) is 24.2 Å². The SMILES string of the molecule is CC1CN(C(=O)CN2C(=O)c3ccccc3C2=O)CC(C)N1C. The fourth-order valence-corrected chi connectivity index (χ4v) is 3.23. The van der Waals surface area contributed by atoms with E-state index in [1.165, 1.54) is 0 Å². The van der Waals surface area contributed by atoms with Crippen LogP contribution in [0, 0.1) is 0 Å². The summed E-state index contributed by atoms with van der Waals surface area (Å²) >= 11 is 0. The van der Waals surface area contributed by atoms with Crippen LogP contribution < -0.4 is 0 Å². The molecular formula is C17H21N3O3. The van der Waals surface area contributed by atoms with E-state index in [0.29, 0.717) is 24.2 Å². The Balaban J connectivity index is 1.72. The summed E-state index contributed by atoms with van der Waals surface area (Å²) in [5, 5.41) is 0. The molecule has 0 N–H and O–H groups in total. The molecule has 1 fully saturated rings. The van der Waals surface area contributed by atoms with Crippen molar-refractivity contribution in [2.45, 2.75) is 25.9 Å². The molecule has 2 heterocycles. The van der Waals surface area contributed by atoms with Gasteiger partial charge in [0.25, 0.3) is 11.8 Å². The topological polar surface area (TPSA) is 60.9 Å². The number of piperazine rings is 1. The number of imide groups is 1. The minimum atomic E-state index is -0.380. The van der Waals surface area contributed by atoms with E-state index in [-0.39, 0.29) is 36.3 Å². The van der Waals surface area contributed by atoms with Crippen LogP contribution in [0.3, 0.4) is 0 Å². The normalized spacial score (nSPS) is 25.0. The first-order valence-electron chi connectivity index (χ1n) is 7.85. The Hall–Kier alpha value is -2.21. The number of hydrogen-bond donors (Lipinski definition) is 0. The van der Waals surface area contributed by atoms with E-state index in [0.717, 1.165) is 4.90 Å². The highest BCUT2D eigenvalue weighted by molar-refractivity contribution is 6.22. The van der Waals surface area contributed by atoms with Gasteiger partial charge in [0.05, 0.1) is 11.1 Å². The zero-order valence-corrected chi connectivity index (χ0v) is 13.7. The van der Waals surface area contributed by atoms with Gasteiger partial charge in [0, 0.05) is 25.2 Å². The summed E-state index contributed by atoms with van der Waals surface area (Å²) < 4.78 is 0. The van der Waals surface area contributed by atoms with Gasteiger partial charge in [0.1, 0.15) is 6.54 Å². The summed E-state index contributed by atoms with van der Waals surface area (Å²) in [5.74, 6) is -0.936. The second-order valence-electron chi connectivity index (χ2n) is 6.40. The van der Waals surface area contributed by atoms with Crippen LogP contribution in [0.15, 0.2) is 24.3 Å². The fraction of sp³-hybridized carbons (Fsp3) is 0.471. The minimum Gasteiger partial charge on any atom is -0.338 e. The predicted molar refractivity (Wildman–Crippen MR) is 85.1 cm³/mol. The van der Waals surface area contributed by atoms with Crippen LogP contribution in [-0.4, -0.2) is 71.2 Å². The summed E-state index contributed by atoms with van der Waals surface area (Å²) in [6.45, 7) is 5.18. The first kappa shape index (κ1) is 15.7. The van der Waals surface area contributed by atoms with Crippen molar-refractivity contribution in [1.82, 2.24) is 14.7 Å². The summed E-state index contributed by atoms with van der Waals surface area (Å²) in [7, 11) is 2.04. The Bertz CT molecular complexity index is 626.